The Hall–Kier alpha value is -3.49. The molecule has 4 aromatic rings. The minimum atomic E-state index is 0.531. The Morgan fingerprint density at radius 2 is 1.71 bits per heavy atom. The highest BCUT2D eigenvalue weighted by molar-refractivity contribution is 7.16. The SMILES string of the molecule is Cc1ccc(-c2c(-c3ccnc(Nc4ccccc4)n3)sc(C)c2C#N)cc1. The molecule has 4 nitrogen and oxygen atoms in total. The van der Waals surface area contributed by atoms with Crippen LogP contribution in [0.3, 0.4) is 0 Å². The van der Waals surface area contributed by atoms with Crippen LogP contribution in [0.25, 0.3) is 21.7 Å². The van der Waals surface area contributed by atoms with Crippen molar-refractivity contribution in [1.82, 2.24) is 9.97 Å². The lowest BCUT2D eigenvalue weighted by Gasteiger charge is -2.08. The molecule has 0 atom stereocenters. The van der Waals surface area contributed by atoms with Gasteiger partial charge in [0.25, 0.3) is 0 Å². The fraction of sp³-hybridized carbons (Fsp3) is 0.0870. The number of rotatable bonds is 4. The summed E-state index contributed by atoms with van der Waals surface area (Å²) < 4.78 is 0. The second kappa shape index (κ2) is 7.63. The van der Waals surface area contributed by atoms with E-state index >= 15 is 0 Å². The normalized spacial score (nSPS) is 10.5. The molecule has 2 aromatic carbocycles. The lowest BCUT2D eigenvalue weighted by atomic mass is 9.99. The molecule has 1 N–H and O–H groups in total. The molecule has 0 aliphatic carbocycles. The molecular weight excluding hydrogens is 364 g/mol. The number of benzene rings is 2. The van der Waals surface area contributed by atoms with E-state index in [4.69, 9.17) is 4.98 Å². The molecule has 4 rings (SSSR count). The molecule has 28 heavy (non-hydrogen) atoms. The second-order valence-electron chi connectivity index (χ2n) is 6.47. The van der Waals surface area contributed by atoms with Crippen LogP contribution in [0.2, 0.25) is 0 Å². The van der Waals surface area contributed by atoms with Crippen LogP contribution >= 0.6 is 11.3 Å². The lowest BCUT2D eigenvalue weighted by molar-refractivity contribution is 1.17. The van der Waals surface area contributed by atoms with Crippen molar-refractivity contribution in [2.45, 2.75) is 13.8 Å². The number of nitriles is 1. The average Bonchev–Trinajstić information content (AvgIpc) is 3.06. The Balaban J connectivity index is 1.81. The zero-order valence-electron chi connectivity index (χ0n) is 15.6. The Bertz CT molecular complexity index is 1160. The van der Waals surface area contributed by atoms with Crippen LogP contribution < -0.4 is 5.32 Å². The number of hydrogen-bond acceptors (Lipinski definition) is 5. The maximum atomic E-state index is 9.74. The van der Waals surface area contributed by atoms with Crippen molar-refractivity contribution in [3.05, 3.63) is 82.9 Å². The van der Waals surface area contributed by atoms with Gasteiger partial charge in [-0.25, -0.2) is 9.97 Å². The lowest BCUT2D eigenvalue weighted by Crippen LogP contribution is -1.97. The van der Waals surface area contributed by atoms with Gasteiger partial charge >= 0.3 is 0 Å². The molecular formula is C23H18N4S. The van der Waals surface area contributed by atoms with Crippen molar-refractivity contribution in [2.75, 3.05) is 5.32 Å². The molecule has 0 radical (unpaired) electrons. The smallest absolute Gasteiger partial charge is 0.227 e. The molecule has 0 aliphatic heterocycles. The highest BCUT2D eigenvalue weighted by atomic mass is 32.1. The van der Waals surface area contributed by atoms with E-state index in [0.29, 0.717) is 11.5 Å². The molecule has 0 saturated heterocycles. The molecule has 0 spiro atoms. The summed E-state index contributed by atoms with van der Waals surface area (Å²) in [6.45, 7) is 4.04. The standard InChI is InChI=1S/C23H18N4S/c1-15-8-10-17(11-9-15)21-19(14-24)16(2)28-22(21)20-12-13-25-23(27-20)26-18-6-4-3-5-7-18/h3-13H,1-2H3,(H,25,26,27). The Morgan fingerprint density at radius 1 is 0.964 bits per heavy atom. The molecule has 2 heterocycles. The zero-order valence-corrected chi connectivity index (χ0v) is 16.4. The molecule has 2 aromatic heterocycles. The van der Waals surface area contributed by atoms with Crippen LogP contribution in [0.15, 0.2) is 66.9 Å². The number of para-hydroxylation sites is 1. The Kier molecular flexibility index (Phi) is 4.88. The van der Waals surface area contributed by atoms with E-state index < -0.39 is 0 Å². The third-order valence-corrected chi connectivity index (χ3v) is 5.58. The maximum absolute atomic E-state index is 9.74. The summed E-state index contributed by atoms with van der Waals surface area (Å²) in [7, 11) is 0. The first kappa shape index (κ1) is 17.9. The summed E-state index contributed by atoms with van der Waals surface area (Å²) in [6, 6.07) is 22.3. The summed E-state index contributed by atoms with van der Waals surface area (Å²) in [5.74, 6) is 0.531. The summed E-state index contributed by atoms with van der Waals surface area (Å²) in [5, 5.41) is 13.0. The summed E-state index contributed by atoms with van der Waals surface area (Å²) in [5.41, 5.74) is 5.59. The number of nitrogens with zero attached hydrogens (tertiary/aromatic N) is 3. The summed E-state index contributed by atoms with van der Waals surface area (Å²) in [6.07, 6.45) is 1.74. The molecule has 0 amide bonds. The molecule has 0 fully saturated rings. The van der Waals surface area contributed by atoms with Crippen molar-refractivity contribution in [2.24, 2.45) is 0 Å². The van der Waals surface area contributed by atoms with Gasteiger partial charge in [0.15, 0.2) is 0 Å². The summed E-state index contributed by atoms with van der Waals surface area (Å²) in [4.78, 5) is 11.0. The van der Waals surface area contributed by atoms with Crippen LogP contribution in [0, 0.1) is 25.2 Å². The van der Waals surface area contributed by atoms with Gasteiger partial charge in [-0.1, -0.05) is 48.0 Å². The van der Waals surface area contributed by atoms with E-state index in [0.717, 1.165) is 32.3 Å². The van der Waals surface area contributed by atoms with Crippen LogP contribution in [0.5, 0.6) is 0 Å². The molecule has 0 saturated carbocycles. The van der Waals surface area contributed by atoms with Crippen molar-refractivity contribution < 1.29 is 0 Å². The number of nitrogens with one attached hydrogen (secondary N) is 1. The fourth-order valence-electron chi connectivity index (χ4n) is 3.05. The van der Waals surface area contributed by atoms with E-state index in [9.17, 15) is 5.26 Å². The molecule has 136 valence electrons. The van der Waals surface area contributed by atoms with Gasteiger partial charge < -0.3 is 5.32 Å². The largest absolute Gasteiger partial charge is 0.324 e. The van der Waals surface area contributed by atoms with Gasteiger partial charge in [0.2, 0.25) is 5.95 Å². The number of aryl methyl sites for hydroxylation is 2. The number of aromatic nitrogens is 2. The van der Waals surface area contributed by atoms with E-state index in [1.807, 2.05) is 43.3 Å². The van der Waals surface area contributed by atoms with E-state index in [1.165, 1.54) is 5.56 Å². The second-order valence-corrected chi connectivity index (χ2v) is 7.70. The number of hydrogen-bond donors (Lipinski definition) is 1. The third kappa shape index (κ3) is 3.51. The fourth-order valence-corrected chi connectivity index (χ4v) is 4.15. The minimum absolute atomic E-state index is 0.531. The van der Waals surface area contributed by atoms with Gasteiger partial charge in [-0.05, 0) is 37.6 Å². The van der Waals surface area contributed by atoms with Crippen LogP contribution in [0.1, 0.15) is 16.0 Å². The van der Waals surface area contributed by atoms with E-state index in [2.05, 4.69) is 47.6 Å². The first-order valence-electron chi connectivity index (χ1n) is 8.91. The third-order valence-electron chi connectivity index (χ3n) is 4.45. The topological polar surface area (TPSA) is 61.6 Å². The first-order chi connectivity index (χ1) is 13.7. The molecule has 0 bridgehead atoms. The van der Waals surface area contributed by atoms with Crippen LogP contribution in [-0.2, 0) is 0 Å². The molecule has 0 unspecified atom stereocenters. The maximum Gasteiger partial charge on any atom is 0.227 e. The van der Waals surface area contributed by atoms with Gasteiger partial charge in [-0.3, -0.25) is 0 Å². The molecule has 5 heteroatoms. The first-order valence-corrected chi connectivity index (χ1v) is 9.73. The number of thiophene rings is 1. The van der Waals surface area contributed by atoms with Gasteiger partial charge in [-0.2, -0.15) is 5.26 Å². The zero-order chi connectivity index (χ0) is 19.5. The van der Waals surface area contributed by atoms with Crippen LogP contribution in [-0.4, -0.2) is 9.97 Å². The minimum Gasteiger partial charge on any atom is -0.324 e. The molecule has 0 aliphatic rings. The quantitative estimate of drug-likeness (QED) is 0.463. The monoisotopic (exact) mass is 382 g/mol. The van der Waals surface area contributed by atoms with Gasteiger partial charge in [0.05, 0.1) is 16.1 Å². The Morgan fingerprint density at radius 3 is 2.43 bits per heavy atom. The van der Waals surface area contributed by atoms with Gasteiger partial charge in [0.1, 0.15) is 6.07 Å². The highest BCUT2D eigenvalue weighted by Crippen LogP contribution is 2.42. The van der Waals surface area contributed by atoms with E-state index in [-0.39, 0.29) is 0 Å². The van der Waals surface area contributed by atoms with Crippen molar-refractivity contribution in [3.8, 4) is 27.8 Å². The average molecular weight is 382 g/mol. The van der Waals surface area contributed by atoms with Crippen molar-refractivity contribution >= 4 is 23.0 Å². The highest BCUT2D eigenvalue weighted by Gasteiger charge is 2.20. The predicted octanol–water partition coefficient (Wildman–Crippen LogP) is 6.10. The van der Waals surface area contributed by atoms with Crippen molar-refractivity contribution in [1.29, 1.82) is 5.26 Å². The Labute approximate surface area is 168 Å². The number of anilines is 2. The van der Waals surface area contributed by atoms with Gasteiger partial charge in [-0.15, -0.1) is 11.3 Å². The van der Waals surface area contributed by atoms with Crippen molar-refractivity contribution in [3.63, 3.8) is 0 Å². The van der Waals surface area contributed by atoms with Gasteiger partial charge in [0, 0.05) is 22.3 Å². The van der Waals surface area contributed by atoms with Crippen LogP contribution in [0.4, 0.5) is 11.6 Å². The predicted molar refractivity (Wildman–Crippen MR) is 115 cm³/mol. The summed E-state index contributed by atoms with van der Waals surface area (Å²) >= 11 is 1.59. The van der Waals surface area contributed by atoms with E-state index in [1.54, 1.807) is 17.5 Å².